The highest BCUT2D eigenvalue weighted by molar-refractivity contribution is 5.85. The van der Waals surface area contributed by atoms with Gasteiger partial charge in [0.05, 0.1) is 0 Å². The Bertz CT molecular complexity index is 512. The summed E-state index contributed by atoms with van der Waals surface area (Å²) in [6.07, 6.45) is 6.08. The van der Waals surface area contributed by atoms with Crippen molar-refractivity contribution in [1.29, 1.82) is 0 Å². The fourth-order valence-corrected chi connectivity index (χ4v) is 3.67. The maximum absolute atomic E-state index is 12.1. The van der Waals surface area contributed by atoms with Crippen molar-refractivity contribution in [3.05, 3.63) is 29.8 Å². The summed E-state index contributed by atoms with van der Waals surface area (Å²) in [6, 6.07) is 8.86. The molecular weight excluding hydrogens is 333 g/mol. The SMILES string of the molecule is Cl.Cl.Nc1ccccc1CCC(=O)NC1CCN2CCCC2C1. The molecule has 0 bridgehead atoms. The van der Waals surface area contributed by atoms with E-state index in [4.69, 9.17) is 5.73 Å². The molecule has 4 nitrogen and oxygen atoms in total. The molecule has 0 radical (unpaired) electrons. The van der Waals surface area contributed by atoms with E-state index in [2.05, 4.69) is 10.2 Å². The van der Waals surface area contributed by atoms with E-state index in [1.807, 2.05) is 24.3 Å². The van der Waals surface area contributed by atoms with Crippen LogP contribution in [0.2, 0.25) is 0 Å². The number of carbonyl (C=O) groups is 1. The number of nitrogens with one attached hydrogen (secondary N) is 1. The monoisotopic (exact) mass is 359 g/mol. The van der Waals surface area contributed by atoms with Gasteiger partial charge in [-0.2, -0.15) is 0 Å². The summed E-state index contributed by atoms with van der Waals surface area (Å²) in [5, 5.41) is 3.21. The summed E-state index contributed by atoms with van der Waals surface area (Å²) in [5.41, 5.74) is 7.76. The third-order valence-corrected chi connectivity index (χ3v) is 4.86. The summed E-state index contributed by atoms with van der Waals surface area (Å²) < 4.78 is 0. The van der Waals surface area contributed by atoms with Crippen LogP contribution in [0.15, 0.2) is 24.3 Å². The highest BCUT2D eigenvalue weighted by Crippen LogP contribution is 2.26. The van der Waals surface area contributed by atoms with E-state index in [1.54, 1.807) is 0 Å². The number of hydrogen-bond acceptors (Lipinski definition) is 3. The Morgan fingerprint density at radius 1 is 1.22 bits per heavy atom. The second-order valence-corrected chi connectivity index (χ2v) is 6.32. The molecule has 0 aliphatic carbocycles. The van der Waals surface area contributed by atoms with Crippen molar-refractivity contribution in [3.63, 3.8) is 0 Å². The minimum Gasteiger partial charge on any atom is -0.399 e. The Balaban J connectivity index is 0.00000132. The number of rotatable bonds is 4. The number of piperidine rings is 1. The lowest BCUT2D eigenvalue weighted by Gasteiger charge is -2.35. The minimum absolute atomic E-state index is 0. The number of aryl methyl sites for hydroxylation is 1. The topological polar surface area (TPSA) is 58.4 Å². The molecular formula is C17H27Cl2N3O. The Morgan fingerprint density at radius 3 is 2.78 bits per heavy atom. The standard InChI is InChI=1S/C17H25N3O.2ClH/c18-16-6-2-1-4-13(16)7-8-17(21)19-14-9-11-20-10-3-5-15(20)12-14;;/h1-2,4,6,14-15H,3,5,7-12,18H2,(H,19,21);2*1H. The van der Waals surface area contributed by atoms with Crippen molar-refractivity contribution in [2.24, 2.45) is 0 Å². The first kappa shape index (κ1) is 20.1. The molecule has 3 rings (SSSR count). The largest absolute Gasteiger partial charge is 0.399 e. The van der Waals surface area contributed by atoms with E-state index in [-0.39, 0.29) is 30.7 Å². The Morgan fingerprint density at radius 2 is 2.00 bits per heavy atom. The normalized spacial score (nSPS) is 23.3. The van der Waals surface area contributed by atoms with Crippen LogP contribution < -0.4 is 11.1 Å². The summed E-state index contributed by atoms with van der Waals surface area (Å²) in [5.74, 6) is 0.162. The highest BCUT2D eigenvalue weighted by Gasteiger charge is 2.32. The predicted octanol–water partition coefficient (Wildman–Crippen LogP) is 2.79. The number of fused-ring (bicyclic) bond motifs is 1. The molecule has 2 atom stereocenters. The molecule has 2 fully saturated rings. The number of nitrogens with zero attached hydrogens (tertiary/aromatic N) is 1. The number of anilines is 1. The third kappa shape index (κ3) is 5.27. The number of carbonyl (C=O) groups excluding carboxylic acids is 1. The van der Waals surface area contributed by atoms with Crippen LogP contribution in [0.25, 0.3) is 0 Å². The lowest BCUT2D eigenvalue weighted by Crippen LogP contribution is -2.47. The van der Waals surface area contributed by atoms with Gasteiger partial charge in [0.15, 0.2) is 0 Å². The van der Waals surface area contributed by atoms with Gasteiger partial charge in [0.25, 0.3) is 0 Å². The van der Waals surface area contributed by atoms with Gasteiger partial charge < -0.3 is 16.0 Å². The second kappa shape index (κ2) is 9.36. The number of halogens is 2. The average molecular weight is 360 g/mol. The zero-order valence-corrected chi connectivity index (χ0v) is 15.0. The van der Waals surface area contributed by atoms with Gasteiger partial charge in [-0.3, -0.25) is 4.79 Å². The average Bonchev–Trinajstić information content (AvgIpc) is 2.94. The van der Waals surface area contributed by atoms with Crippen LogP contribution in [-0.2, 0) is 11.2 Å². The van der Waals surface area contributed by atoms with Gasteiger partial charge in [0.1, 0.15) is 0 Å². The van der Waals surface area contributed by atoms with Crippen LogP contribution in [0, 0.1) is 0 Å². The van der Waals surface area contributed by atoms with Gasteiger partial charge in [-0.1, -0.05) is 18.2 Å². The van der Waals surface area contributed by atoms with E-state index in [0.717, 1.165) is 37.1 Å². The van der Waals surface area contributed by atoms with E-state index in [9.17, 15) is 4.79 Å². The Hall–Kier alpha value is -0.970. The first-order valence-corrected chi connectivity index (χ1v) is 8.09. The van der Waals surface area contributed by atoms with Crippen LogP contribution in [0.5, 0.6) is 0 Å². The van der Waals surface area contributed by atoms with Crippen LogP contribution in [0.3, 0.4) is 0 Å². The molecule has 1 amide bonds. The predicted molar refractivity (Wildman–Crippen MR) is 99.4 cm³/mol. The molecule has 0 spiro atoms. The third-order valence-electron chi connectivity index (χ3n) is 4.86. The molecule has 2 unspecified atom stereocenters. The second-order valence-electron chi connectivity index (χ2n) is 6.32. The number of nitrogen functional groups attached to an aromatic ring is 1. The zero-order valence-electron chi connectivity index (χ0n) is 13.4. The molecule has 0 saturated carbocycles. The Labute approximate surface area is 151 Å². The summed E-state index contributed by atoms with van der Waals surface area (Å²) in [7, 11) is 0. The molecule has 2 aliphatic rings. The molecule has 130 valence electrons. The number of benzene rings is 1. The van der Waals surface area contributed by atoms with Gasteiger partial charge in [-0.25, -0.2) is 0 Å². The first-order valence-electron chi connectivity index (χ1n) is 8.09. The van der Waals surface area contributed by atoms with E-state index in [0.29, 0.717) is 18.5 Å². The molecule has 2 saturated heterocycles. The van der Waals surface area contributed by atoms with E-state index >= 15 is 0 Å². The Kier molecular flexibility index (Phi) is 8.17. The lowest BCUT2D eigenvalue weighted by atomic mass is 9.97. The molecule has 2 heterocycles. The van der Waals surface area contributed by atoms with Crippen molar-refractivity contribution in [3.8, 4) is 0 Å². The van der Waals surface area contributed by atoms with Crippen molar-refractivity contribution in [1.82, 2.24) is 10.2 Å². The molecule has 23 heavy (non-hydrogen) atoms. The number of nitrogens with two attached hydrogens (primary N) is 1. The maximum atomic E-state index is 12.1. The van der Waals surface area contributed by atoms with Crippen molar-refractivity contribution in [2.45, 2.75) is 50.6 Å². The number of amides is 1. The molecule has 2 aliphatic heterocycles. The van der Waals surface area contributed by atoms with Crippen LogP contribution in [0.4, 0.5) is 5.69 Å². The molecule has 1 aromatic rings. The van der Waals surface area contributed by atoms with Gasteiger partial charge in [0.2, 0.25) is 5.91 Å². The van der Waals surface area contributed by atoms with Crippen LogP contribution in [-0.4, -0.2) is 36.0 Å². The number of hydrogen-bond donors (Lipinski definition) is 2. The van der Waals surface area contributed by atoms with Crippen LogP contribution >= 0.6 is 24.8 Å². The number of para-hydroxylation sites is 1. The van der Waals surface area contributed by atoms with Crippen molar-refractivity contribution < 1.29 is 4.79 Å². The van der Waals surface area contributed by atoms with Gasteiger partial charge in [-0.05, 0) is 50.3 Å². The summed E-state index contributed by atoms with van der Waals surface area (Å²) in [4.78, 5) is 14.7. The summed E-state index contributed by atoms with van der Waals surface area (Å²) >= 11 is 0. The van der Waals surface area contributed by atoms with Crippen LogP contribution in [0.1, 0.15) is 37.7 Å². The summed E-state index contributed by atoms with van der Waals surface area (Å²) in [6.45, 7) is 2.39. The van der Waals surface area contributed by atoms with E-state index < -0.39 is 0 Å². The van der Waals surface area contributed by atoms with Crippen molar-refractivity contribution in [2.75, 3.05) is 18.8 Å². The van der Waals surface area contributed by atoms with Gasteiger partial charge in [-0.15, -0.1) is 24.8 Å². The molecule has 1 aromatic carbocycles. The fraction of sp³-hybridized carbons (Fsp3) is 0.588. The molecule has 3 N–H and O–H groups in total. The zero-order chi connectivity index (χ0) is 14.7. The molecule has 6 heteroatoms. The quantitative estimate of drug-likeness (QED) is 0.812. The van der Waals surface area contributed by atoms with Gasteiger partial charge >= 0.3 is 0 Å². The van der Waals surface area contributed by atoms with Crippen molar-refractivity contribution >= 4 is 36.4 Å². The lowest BCUT2D eigenvalue weighted by molar-refractivity contribution is -0.122. The minimum atomic E-state index is 0. The maximum Gasteiger partial charge on any atom is 0.220 e. The molecule has 0 aromatic heterocycles. The first-order chi connectivity index (χ1) is 10.2. The smallest absolute Gasteiger partial charge is 0.220 e. The van der Waals surface area contributed by atoms with E-state index in [1.165, 1.54) is 19.4 Å². The fourth-order valence-electron chi connectivity index (χ4n) is 3.67. The van der Waals surface area contributed by atoms with Gasteiger partial charge in [0, 0.05) is 30.7 Å². The highest BCUT2D eigenvalue weighted by atomic mass is 35.5.